The maximum Gasteiger partial charge on any atom is 0.306 e. The maximum absolute atomic E-state index is 11.5. The van der Waals surface area contributed by atoms with Crippen molar-refractivity contribution in [3.8, 4) is 5.75 Å². The number of esters is 1. The summed E-state index contributed by atoms with van der Waals surface area (Å²) in [6.45, 7) is 3.62. The summed E-state index contributed by atoms with van der Waals surface area (Å²) in [6.07, 6.45) is 0.935. The number of hydrogen-bond donors (Lipinski definition) is 0. The monoisotopic (exact) mass is 264 g/mol. The molecular formula is C15H20O4. The van der Waals surface area contributed by atoms with Crippen molar-refractivity contribution in [2.75, 3.05) is 6.61 Å². The summed E-state index contributed by atoms with van der Waals surface area (Å²) in [5.41, 5.74) is 0. The first-order valence-corrected chi connectivity index (χ1v) is 6.44. The highest BCUT2D eigenvalue weighted by molar-refractivity contribution is 5.76. The summed E-state index contributed by atoms with van der Waals surface area (Å²) >= 11 is 0. The van der Waals surface area contributed by atoms with Gasteiger partial charge < -0.3 is 14.3 Å². The Labute approximate surface area is 113 Å². The topological polar surface area (TPSA) is 52.6 Å². The SMILES string of the molecule is CC(=O)CCCC(=O)OC(C)COc1ccccc1. The van der Waals surface area contributed by atoms with Crippen LogP contribution in [0.3, 0.4) is 0 Å². The van der Waals surface area contributed by atoms with E-state index < -0.39 is 0 Å². The molecule has 4 nitrogen and oxygen atoms in total. The van der Waals surface area contributed by atoms with Crippen molar-refractivity contribution < 1.29 is 19.1 Å². The number of para-hydroxylation sites is 1. The molecule has 4 heteroatoms. The number of Topliss-reactive ketones (excluding diaryl/α,β-unsaturated/α-hetero) is 1. The van der Waals surface area contributed by atoms with Crippen molar-refractivity contribution in [3.63, 3.8) is 0 Å². The standard InChI is InChI=1S/C15H20O4/c1-12(16)7-6-10-15(17)19-13(2)11-18-14-8-4-3-5-9-14/h3-5,8-9,13H,6-7,10-11H2,1-2H3. The van der Waals surface area contributed by atoms with E-state index in [2.05, 4.69) is 0 Å². The van der Waals surface area contributed by atoms with E-state index in [-0.39, 0.29) is 24.3 Å². The summed E-state index contributed by atoms with van der Waals surface area (Å²) in [4.78, 5) is 22.2. The lowest BCUT2D eigenvalue weighted by Crippen LogP contribution is -2.21. The van der Waals surface area contributed by atoms with E-state index in [1.807, 2.05) is 30.3 Å². The van der Waals surface area contributed by atoms with Crippen LogP contribution in [-0.2, 0) is 14.3 Å². The fourth-order valence-electron chi connectivity index (χ4n) is 1.53. The molecule has 0 bridgehead atoms. The molecule has 1 unspecified atom stereocenters. The minimum atomic E-state index is -0.301. The van der Waals surface area contributed by atoms with Gasteiger partial charge in [0.1, 0.15) is 24.2 Å². The lowest BCUT2D eigenvalue weighted by molar-refractivity contribution is -0.149. The number of rotatable bonds is 8. The van der Waals surface area contributed by atoms with Crippen LogP contribution >= 0.6 is 0 Å². The van der Waals surface area contributed by atoms with Gasteiger partial charge in [0.25, 0.3) is 0 Å². The van der Waals surface area contributed by atoms with Crippen LogP contribution in [0.5, 0.6) is 5.75 Å². The molecule has 0 N–H and O–H groups in total. The molecule has 0 aromatic heterocycles. The Bertz CT molecular complexity index is 400. The molecule has 0 aliphatic rings. The maximum atomic E-state index is 11.5. The van der Waals surface area contributed by atoms with Crippen LogP contribution in [-0.4, -0.2) is 24.5 Å². The van der Waals surface area contributed by atoms with Crippen molar-refractivity contribution in [1.29, 1.82) is 0 Å². The normalized spacial score (nSPS) is 11.7. The molecule has 0 amide bonds. The van der Waals surface area contributed by atoms with Gasteiger partial charge in [0, 0.05) is 12.8 Å². The van der Waals surface area contributed by atoms with Gasteiger partial charge in [-0.15, -0.1) is 0 Å². The van der Waals surface area contributed by atoms with Gasteiger partial charge >= 0.3 is 5.97 Å². The van der Waals surface area contributed by atoms with Crippen LogP contribution in [0, 0.1) is 0 Å². The fraction of sp³-hybridized carbons (Fsp3) is 0.467. The minimum Gasteiger partial charge on any atom is -0.490 e. The molecule has 1 aromatic carbocycles. The Morgan fingerprint density at radius 3 is 2.47 bits per heavy atom. The first-order chi connectivity index (χ1) is 9.08. The summed E-state index contributed by atoms with van der Waals surface area (Å²) in [5, 5.41) is 0. The smallest absolute Gasteiger partial charge is 0.306 e. The van der Waals surface area contributed by atoms with Gasteiger partial charge in [-0.3, -0.25) is 4.79 Å². The second kappa shape index (κ2) is 8.29. The van der Waals surface area contributed by atoms with Gasteiger partial charge in [-0.25, -0.2) is 0 Å². The van der Waals surface area contributed by atoms with Gasteiger partial charge in [0.05, 0.1) is 0 Å². The van der Waals surface area contributed by atoms with Gasteiger partial charge in [-0.2, -0.15) is 0 Å². The lowest BCUT2D eigenvalue weighted by atomic mass is 10.2. The summed E-state index contributed by atoms with van der Waals surface area (Å²) < 4.78 is 10.7. The Hall–Kier alpha value is -1.84. The highest BCUT2D eigenvalue weighted by Gasteiger charge is 2.10. The van der Waals surface area contributed by atoms with Crippen LogP contribution in [0.1, 0.15) is 33.1 Å². The quantitative estimate of drug-likeness (QED) is 0.677. The summed E-state index contributed by atoms with van der Waals surface area (Å²) in [5.74, 6) is 0.556. The summed E-state index contributed by atoms with van der Waals surface area (Å²) in [7, 11) is 0. The molecule has 1 rings (SSSR count). The molecule has 0 fully saturated rings. The molecule has 0 saturated carbocycles. The molecule has 0 saturated heterocycles. The van der Waals surface area contributed by atoms with E-state index in [1.165, 1.54) is 6.92 Å². The average molecular weight is 264 g/mol. The largest absolute Gasteiger partial charge is 0.490 e. The van der Waals surface area contributed by atoms with E-state index >= 15 is 0 Å². The Morgan fingerprint density at radius 1 is 1.16 bits per heavy atom. The second-order valence-electron chi connectivity index (χ2n) is 4.48. The zero-order valence-corrected chi connectivity index (χ0v) is 11.4. The Morgan fingerprint density at radius 2 is 1.84 bits per heavy atom. The Kier molecular flexibility index (Phi) is 6.64. The molecule has 104 valence electrons. The number of ketones is 1. The first-order valence-electron chi connectivity index (χ1n) is 6.44. The number of carbonyl (C=O) groups excluding carboxylic acids is 2. The van der Waals surface area contributed by atoms with E-state index in [0.717, 1.165) is 5.75 Å². The van der Waals surface area contributed by atoms with Crippen molar-refractivity contribution in [2.24, 2.45) is 0 Å². The lowest BCUT2D eigenvalue weighted by Gasteiger charge is -2.14. The predicted molar refractivity (Wildman–Crippen MR) is 72.0 cm³/mol. The van der Waals surface area contributed by atoms with Gasteiger partial charge in [0.15, 0.2) is 0 Å². The van der Waals surface area contributed by atoms with Gasteiger partial charge in [0.2, 0.25) is 0 Å². The third-order valence-electron chi connectivity index (χ3n) is 2.47. The molecule has 0 aliphatic carbocycles. The molecular weight excluding hydrogens is 244 g/mol. The van der Waals surface area contributed by atoms with Crippen LogP contribution in [0.15, 0.2) is 30.3 Å². The highest BCUT2D eigenvalue weighted by atomic mass is 16.6. The third kappa shape index (κ3) is 7.24. The van der Waals surface area contributed by atoms with Crippen molar-refractivity contribution in [1.82, 2.24) is 0 Å². The second-order valence-corrected chi connectivity index (χ2v) is 4.48. The molecule has 0 aliphatic heterocycles. The number of carbonyl (C=O) groups is 2. The zero-order valence-electron chi connectivity index (χ0n) is 11.4. The average Bonchev–Trinajstić information content (AvgIpc) is 2.37. The van der Waals surface area contributed by atoms with Crippen molar-refractivity contribution in [3.05, 3.63) is 30.3 Å². The zero-order chi connectivity index (χ0) is 14.1. The number of benzene rings is 1. The fourth-order valence-corrected chi connectivity index (χ4v) is 1.53. The molecule has 0 heterocycles. The van der Waals surface area contributed by atoms with Crippen LogP contribution in [0.4, 0.5) is 0 Å². The van der Waals surface area contributed by atoms with Crippen LogP contribution < -0.4 is 4.74 Å². The van der Waals surface area contributed by atoms with E-state index in [0.29, 0.717) is 19.4 Å². The number of hydrogen-bond acceptors (Lipinski definition) is 4. The first kappa shape index (κ1) is 15.2. The molecule has 19 heavy (non-hydrogen) atoms. The minimum absolute atomic E-state index is 0.0910. The summed E-state index contributed by atoms with van der Waals surface area (Å²) in [6, 6.07) is 9.37. The van der Waals surface area contributed by atoms with E-state index in [1.54, 1.807) is 6.92 Å². The molecule has 0 radical (unpaired) electrons. The van der Waals surface area contributed by atoms with E-state index in [4.69, 9.17) is 9.47 Å². The third-order valence-corrected chi connectivity index (χ3v) is 2.47. The van der Waals surface area contributed by atoms with Crippen molar-refractivity contribution >= 4 is 11.8 Å². The number of ether oxygens (including phenoxy) is 2. The molecule has 0 spiro atoms. The van der Waals surface area contributed by atoms with Gasteiger partial charge in [-0.05, 0) is 32.4 Å². The molecule has 1 aromatic rings. The van der Waals surface area contributed by atoms with Crippen LogP contribution in [0.2, 0.25) is 0 Å². The van der Waals surface area contributed by atoms with E-state index in [9.17, 15) is 9.59 Å². The van der Waals surface area contributed by atoms with Crippen molar-refractivity contribution in [2.45, 2.75) is 39.2 Å². The van der Waals surface area contributed by atoms with Gasteiger partial charge in [-0.1, -0.05) is 18.2 Å². The highest BCUT2D eigenvalue weighted by Crippen LogP contribution is 2.09. The van der Waals surface area contributed by atoms with Crippen LogP contribution in [0.25, 0.3) is 0 Å². The molecule has 1 atom stereocenters. The predicted octanol–water partition coefficient (Wildman–Crippen LogP) is 2.76. The Balaban J connectivity index is 2.18.